The van der Waals surface area contributed by atoms with E-state index in [1.165, 1.54) is 0 Å². The fourth-order valence-electron chi connectivity index (χ4n) is 7.28. The number of fused-ring (bicyclic) bond motifs is 2. The van der Waals surface area contributed by atoms with Crippen LogP contribution in [0.3, 0.4) is 0 Å². The number of carbonyl (C=O) groups excluding carboxylic acids is 3. The van der Waals surface area contributed by atoms with Gasteiger partial charge in [-0.05, 0) is 145 Å². The zero-order chi connectivity index (χ0) is 59.9. The molecule has 0 saturated heterocycles. The molecule has 0 aromatic heterocycles. The summed E-state index contributed by atoms with van der Waals surface area (Å²) in [7, 11) is -31.5. The SMILES string of the molecule is O=C(Nc1ccc2c(c1)C=C(S(=O)(=O)[O-])C(=NNc1ccc(N=Nc3ccc(S(=O)(=O)[O-])cc3)cc1S(=O)(=O)[O-])C2=O)Nc1ccc2c(c1)C=C(S(=O)(=O)[O-])/C(=N/Nc1ccc(N=Nc3ccc(S(=O)(=O)[O-])cc3)cc1S(=O)(=O)[O-])C2=O.[Na+].[Na+].[Na+].[Na+].[Na+].[Na+]. The predicted octanol–water partition coefficient (Wildman–Crippen LogP) is -13.1. The Hall–Kier alpha value is -2.99. The van der Waals surface area contributed by atoms with Crippen LogP contribution in [0.15, 0.2) is 181 Å². The summed E-state index contributed by atoms with van der Waals surface area (Å²) in [5.74, 6) is -2.44. The van der Waals surface area contributed by atoms with Crippen LogP contribution in [-0.4, -0.2) is 107 Å². The Kier molecular flexibility index (Phi) is 29.7. The molecule has 2 aliphatic rings. The summed E-state index contributed by atoms with van der Waals surface area (Å²) < 4.78 is 216. The van der Waals surface area contributed by atoms with Crippen molar-refractivity contribution in [2.45, 2.75) is 19.6 Å². The second kappa shape index (κ2) is 32.2. The Morgan fingerprint density at radius 2 is 0.670 bits per heavy atom. The molecule has 43 heteroatoms. The predicted molar refractivity (Wildman–Crippen MR) is 278 cm³/mol. The standard InChI is InChI=1S/C45H32N10O21S6.6Na/c56-43-33-13-5-27(17-23(33)19-39(81(71,72)73)41(43)54-52-35-15-7-29(21-37(35)79(65,66)67)50-48-25-1-9-31(10-2-25)77(59,60)61)46-45(58)47-28-6-14-34-24(18-28)20-40(82(74,75)76)42(44(34)57)55-53-36-16-8-30(22-38(36)80(68,69)70)51-49-26-3-11-32(12-4-26)78(62,63)64;;;;;;/h1-22,52-53H,(H2,46,47,58)(H,59,60,61)(H,62,63,64)(H,65,66,67)(H,68,69,70)(H,71,72,73)(H,74,75,76);;;;;;/q;6*+1/p-6/b50-48?,51-49?,54-41-,55-42?;;;;;;. The van der Waals surface area contributed by atoms with Crippen molar-refractivity contribution in [1.29, 1.82) is 0 Å². The van der Waals surface area contributed by atoms with E-state index in [0.717, 1.165) is 109 Å². The van der Waals surface area contributed by atoms with Crippen molar-refractivity contribution >= 4 is 147 Å². The van der Waals surface area contributed by atoms with E-state index in [2.05, 4.69) is 52.1 Å². The molecule has 0 fully saturated rings. The molecule has 4 N–H and O–H groups in total. The van der Waals surface area contributed by atoms with E-state index < -0.39 is 130 Å². The molecule has 8 rings (SSSR count). The second-order valence-electron chi connectivity index (χ2n) is 16.5. The van der Waals surface area contributed by atoms with Crippen LogP contribution in [0.4, 0.5) is 50.3 Å². The molecule has 2 amide bonds. The average Bonchev–Trinajstić information content (AvgIpc) is 3.51. The molecule has 88 heavy (non-hydrogen) atoms. The van der Waals surface area contributed by atoms with Crippen molar-refractivity contribution < 1.29 is 270 Å². The molecule has 6 aromatic rings. The zero-order valence-corrected chi connectivity index (χ0v) is 62.8. The summed E-state index contributed by atoms with van der Waals surface area (Å²) in [4.78, 5) is 34.8. The summed E-state index contributed by atoms with van der Waals surface area (Å²) >= 11 is 0. The first-order valence-electron chi connectivity index (χ1n) is 21.8. The number of hydrogen-bond acceptors (Lipinski definition) is 29. The van der Waals surface area contributed by atoms with Crippen LogP contribution < -0.4 is 199 Å². The smallest absolute Gasteiger partial charge is 0.744 e. The molecule has 0 radical (unpaired) electrons. The summed E-state index contributed by atoms with van der Waals surface area (Å²) in [6.07, 6.45) is 1.41. The number of benzene rings is 6. The molecular formula is C45H26N10Na6O21S6. The average molecular weight is 1370 g/mol. The molecule has 424 valence electrons. The molecule has 0 atom stereocenters. The van der Waals surface area contributed by atoms with Crippen molar-refractivity contribution in [1.82, 2.24) is 0 Å². The third-order valence-corrected chi connectivity index (χ3v) is 16.1. The van der Waals surface area contributed by atoms with Gasteiger partial charge in [0.05, 0.1) is 63.5 Å². The minimum atomic E-state index is -5.58. The van der Waals surface area contributed by atoms with Crippen LogP contribution >= 0.6 is 0 Å². The van der Waals surface area contributed by atoms with E-state index in [4.69, 9.17) is 0 Å². The number of anilines is 4. The first-order chi connectivity index (χ1) is 38.1. The van der Waals surface area contributed by atoms with Crippen LogP contribution in [0, 0.1) is 0 Å². The number of nitrogens with zero attached hydrogens (tertiary/aromatic N) is 6. The molecule has 0 spiro atoms. The number of azo groups is 2. The molecule has 0 bridgehead atoms. The van der Waals surface area contributed by atoms with Gasteiger partial charge in [-0.1, -0.05) is 0 Å². The van der Waals surface area contributed by atoms with Crippen LogP contribution in [0.25, 0.3) is 12.2 Å². The number of nitrogens with one attached hydrogen (secondary N) is 4. The Labute approximate surface area is 632 Å². The molecule has 0 saturated carbocycles. The first kappa shape index (κ1) is 81.1. The third-order valence-electron chi connectivity index (χ3n) is 11.0. The number of Topliss-reactive ketones (excluding diaryl/α,β-unsaturated/α-hetero) is 2. The largest absolute Gasteiger partial charge is 1.00 e. The van der Waals surface area contributed by atoms with Crippen molar-refractivity contribution in [2.75, 3.05) is 21.5 Å². The second-order valence-corrected chi connectivity index (χ2v) is 24.6. The van der Waals surface area contributed by atoms with E-state index in [1.54, 1.807) is 0 Å². The first-order valence-corrected chi connectivity index (χ1v) is 30.2. The Morgan fingerprint density at radius 1 is 0.364 bits per heavy atom. The molecular weight excluding hydrogens is 1350 g/mol. The topological polar surface area (TPSA) is 517 Å². The van der Waals surface area contributed by atoms with E-state index in [0.29, 0.717) is 24.3 Å². The summed E-state index contributed by atoms with van der Waals surface area (Å²) in [6.45, 7) is 0. The minimum Gasteiger partial charge on any atom is -0.744 e. The van der Waals surface area contributed by atoms with Crippen LogP contribution in [0.1, 0.15) is 31.8 Å². The number of ketones is 2. The maximum Gasteiger partial charge on any atom is 1.00 e. The van der Waals surface area contributed by atoms with Gasteiger partial charge >= 0.3 is 183 Å². The van der Waals surface area contributed by atoms with Gasteiger partial charge in [0.15, 0.2) is 0 Å². The molecule has 6 aromatic carbocycles. The quantitative estimate of drug-likeness (QED) is 0.0302. The van der Waals surface area contributed by atoms with E-state index in [1.807, 2.05) is 0 Å². The van der Waals surface area contributed by atoms with Crippen molar-refractivity contribution in [3.63, 3.8) is 0 Å². The van der Waals surface area contributed by atoms with Gasteiger partial charge in [-0.25, -0.2) is 55.3 Å². The third kappa shape index (κ3) is 20.5. The van der Waals surface area contributed by atoms with Gasteiger partial charge in [-0.3, -0.25) is 20.4 Å². The monoisotopic (exact) mass is 1370 g/mol. The molecule has 2 aliphatic carbocycles. The van der Waals surface area contributed by atoms with Crippen molar-refractivity contribution in [3.05, 3.63) is 153 Å². The van der Waals surface area contributed by atoms with Gasteiger partial charge in [0, 0.05) is 22.5 Å². The fourth-order valence-corrected chi connectivity index (χ4v) is 10.8. The maximum absolute atomic E-state index is 13.7. The van der Waals surface area contributed by atoms with Gasteiger partial charge in [-0.2, -0.15) is 30.7 Å². The van der Waals surface area contributed by atoms with E-state index >= 15 is 0 Å². The Bertz CT molecular complexity index is 4400. The van der Waals surface area contributed by atoms with Crippen molar-refractivity contribution in [3.8, 4) is 0 Å². The van der Waals surface area contributed by atoms with Crippen LogP contribution in [0.2, 0.25) is 0 Å². The van der Waals surface area contributed by atoms with E-state index in [9.17, 15) is 92.2 Å². The number of rotatable bonds is 16. The summed E-state index contributed by atoms with van der Waals surface area (Å²) in [5, 5.41) is 27.1. The van der Waals surface area contributed by atoms with Gasteiger partial charge in [-0.15, -0.1) is 0 Å². The van der Waals surface area contributed by atoms with Gasteiger partial charge in [0.2, 0.25) is 11.6 Å². The number of carbonyl (C=O) groups is 3. The zero-order valence-electron chi connectivity index (χ0n) is 45.9. The fraction of sp³-hybridized carbons (Fsp3) is 0. The number of hydrogen-bond donors (Lipinski definition) is 4. The maximum atomic E-state index is 13.7. The molecule has 0 unspecified atom stereocenters. The van der Waals surface area contributed by atoms with Gasteiger partial charge in [0.25, 0.3) is 0 Å². The number of allylic oxidation sites excluding steroid dienone is 2. The van der Waals surface area contributed by atoms with E-state index in [-0.39, 0.29) is 234 Å². The summed E-state index contributed by atoms with van der Waals surface area (Å²) in [6, 6.07) is 19.1. The molecule has 31 nitrogen and oxygen atoms in total. The van der Waals surface area contributed by atoms with Crippen LogP contribution in [-0.2, 0) is 60.7 Å². The van der Waals surface area contributed by atoms with Crippen LogP contribution in [0.5, 0.6) is 0 Å². The Morgan fingerprint density at radius 3 is 0.966 bits per heavy atom. The van der Waals surface area contributed by atoms with Gasteiger partial charge in [0.1, 0.15) is 72.1 Å². The number of hydrazone groups is 2. The molecule has 0 heterocycles. The Balaban J connectivity index is 0.00000440. The minimum absolute atomic E-state index is 0. The number of urea groups is 1. The van der Waals surface area contributed by atoms with Crippen molar-refractivity contribution in [2.24, 2.45) is 30.7 Å². The number of amides is 2. The molecule has 0 aliphatic heterocycles. The summed E-state index contributed by atoms with van der Waals surface area (Å²) in [5.41, 5.74) is -1.15. The van der Waals surface area contributed by atoms with Gasteiger partial charge < -0.3 is 38.0 Å². The normalized spacial score (nSPS) is 14.2.